The smallest absolute Gasteiger partial charge is 0.0600 e. The zero-order valence-corrected chi connectivity index (χ0v) is 12.8. The molecule has 0 saturated carbocycles. The topological polar surface area (TPSA) is 20.2 Å². The summed E-state index contributed by atoms with van der Waals surface area (Å²) in [5, 5.41) is 9.79. The van der Waals surface area contributed by atoms with Crippen LogP contribution in [0.1, 0.15) is 85.0 Å². The maximum Gasteiger partial charge on any atom is 0.0600 e. The van der Waals surface area contributed by atoms with Crippen molar-refractivity contribution in [3.8, 4) is 0 Å². The van der Waals surface area contributed by atoms with E-state index in [4.69, 9.17) is 0 Å². The molecule has 0 heterocycles. The zero-order valence-electron chi connectivity index (χ0n) is 12.8. The maximum absolute atomic E-state index is 9.79. The van der Waals surface area contributed by atoms with Gasteiger partial charge in [-0.3, -0.25) is 0 Å². The maximum atomic E-state index is 9.79. The van der Waals surface area contributed by atoms with E-state index in [2.05, 4.69) is 32.9 Å². The molecular weight excluding hydrogens is 220 g/mol. The molecule has 18 heavy (non-hydrogen) atoms. The molecule has 0 aromatic heterocycles. The van der Waals surface area contributed by atoms with Crippen LogP contribution in [0.4, 0.5) is 0 Å². The van der Waals surface area contributed by atoms with Crippen molar-refractivity contribution < 1.29 is 5.11 Å². The SMILES string of the molecule is CCCCCCCCC/C=C/CC(O)C(C)CC. The van der Waals surface area contributed by atoms with Gasteiger partial charge in [0.15, 0.2) is 0 Å². The summed E-state index contributed by atoms with van der Waals surface area (Å²) in [4.78, 5) is 0. The average molecular weight is 254 g/mol. The van der Waals surface area contributed by atoms with Gasteiger partial charge in [0.05, 0.1) is 6.10 Å². The van der Waals surface area contributed by atoms with Gasteiger partial charge in [0.25, 0.3) is 0 Å². The molecular formula is C17H34O. The minimum absolute atomic E-state index is 0.153. The molecule has 0 radical (unpaired) electrons. The summed E-state index contributed by atoms with van der Waals surface area (Å²) in [7, 11) is 0. The van der Waals surface area contributed by atoms with Crippen LogP contribution in [0.2, 0.25) is 0 Å². The molecule has 0 rings (SSSR count). The third-order valence-electron chi connectivity index (χ3n) is 3.82. The highest BCUT2D eigenvalue weighted by Crippen LogP contribution is 2.12. The third-order valence-corrected chi connectivity index (χ3v) is 3.82. The van der Waals surface area contributed by atoms with Crippen LogP contribution in [0.5, 0.6) is 0 Å². The molecule has 0 amide bonds. The van der Waals surface area contributed by atoms with E-state index in [0.717, 1.165) is 12.8 Å². The number of allylic oxidation sites excluding steroid dienone is 1. The van der Waals surface area contributed by atoms with E-state index < -0.39 is 0 Å². The van der Waals surface area contributed by atoms with E-state index in [1.165, 1.54) is 51.4 Å². The Hall–Kier alpha value is -0.300. The molecule has 108 valence electrons. The molecule has 1 nitrogen and oxygen atoms in total. The molecule has 0 aliphatic rings. The average Bonchev–Trinajstić information content (AvgIpc) is 2.39. The highest BCUT2D eigenvalue weighted by atomic mass is 16.3. The first-order valence-corrected chi connectivity index (χ1v) is 8.05. The lowest BCUT2D eigenvalue weighted by atomic mass is 9.99. The zero-order chi connectivity index (χ0) is 13.6. The molecule has 0 bridgehead atoms. The normalized spacial score (nSPS) is 15.1. The van der Waals surface area contributed by atoms with Gasteiger partial charge in [0, 0.05) is 0 Å². The molecule has 0 fully saturated rings. The summed E-state index contributed by atoms with van der Waals surface area (Å²) in [6.07, 6.45) is 16.9. The largest absolute Gasteiger partial charge is 0.393 e. The highest BCUT2D eigenvalue weighted by molar-refractivity contribution is 4.85. The lowest BCUT2D eigenvalue weighted by molar-refractivity contribution is 0.117. The lowest BCUT2D eigenvalue weighted by Gasteiger charge is -2.14. The van der Waals surface area contributed by atoms with Gasteiger partial charge in [0.2, 0.25) is 0 Å². The van der Waals surface area contributed by atoms with Crippen molar-refractivity contribution in [1.82, 2.24) is 0 Å². The standard InChI is InChI=1S/C17H34O/c1-4-6-7-8-9-10-11-12-13-14-15-17(18)16(3)5-2/h13-14,16-18H,4-12,15H2,1-3H3/b14-13+. The van der Waals surface area contributed by atoms with Crippen molar-refractivity contribution >= 4 is 0 Å². The summed E-state index contributed by atoms with van der Waals surface area (Å²) in [6, 6.07) is 0. The van der Waals surface area contributed by atoms with Crippen LogP contribution in [0.3, 0.4) is 0 Å². The van der Waals surface area contributed by atoms with Crippen LogP contribution in [0, 0.1) is 5.92 Å². The van der Waals surface area contributed by atoms with Crippen molar-refractivity contribution in [2.75, 3.05) is 0 Å². The van der Waals surface area contributed by atoms with Crippen LogP contribution in [0.15, 0.2) is 12.2 Å². The second-order valence-electron chi connectivity index (χ2n) is 5.57. The van der Waals surface area contributed by atoms with E-state index in [0.29, 0.717) is 5.92 Å². The van der Waals surface area contributed by atoms with Crippen molar-refractivity contribution in [2.45, 2.75) is 91.1 Å². The van der Waals surface area contributed by atoms with Gasteiger partial charge in [-0.15, -0.1) is 0 Å². The molecule has 0 spiro atoms. The van der Waals surface area contributed by atoms with Crippen molar-refractivity contribution in [3.05, 3.63) is 12.2 Å². The van der Waals surface area contributed by atoms with Crippen LogP contribution >= 0.6 is 0 Å². The fraction of sp³-hybridized carbons (Fsp3) is 0.882. The number of hydrogen-bond donors (Lipinski definition) is 1. The van der Waals surface area contributed by atoms with Crippen LogP contribution in [-0.4, -0.2) is 11.2 Å². The minimum atomic E-state index is -0.153. The first-order chi connectivity index (χ1) is 8.72. The van der Waals surface area contributed by atoms with E-state index in [1.807, 2.05) is 0 Å². The predicted octanol–water partition coefficient (Wildman–Crippen LogP) is 5.48. The van der Waals surface area contributed by atoms with Gasteiger partial charge in [-0.05, 0) is 25.2 Å². The van der Waals surface area contributed by atoms with Crippen LogP contribution < -0.4 is 0 Å². The summed E-state index contributed by atoms with van der Waals surface area (Å²) >= 11 is 0. The monoisotopic (exact) mass is 254 g/mol. The molecule has 2 unspecified atom stereocenters. The second kappa shape index (κ2) is 13.1. The number of aliphatic hydroxyl groups excluding tert-OH is 1. The first-order valence-electron chi connectivity index (χ1n) is 8.05. The van der Waals surface area contributed by atoms with Crippen molar-refractivity contribution in [1.29, 1.82) is 0 Å². The third kappa shape index (κ3) is 10.8. The Kier molecular flexibility index (Phi) is 12.9. The van der Waals surface area contributed by atoms with Crippen molar-refractivity contribution in [2.24, 2.45) is 5.92 Å². The first kappa shape index (κ1) is 17.7. The second-order valence-corrected chi connectivity index (χ2v) is 5.57. The Labute approximate surface area is 115 Å². The Balaban J connectivity index is 3.28. The van der Waals surface area contributed by atoms with E-state index in [1.54, 1.807) is 0 Å². The van der Waals surface area contributed by atoms with Gasteiger partial charge < -0.3 is 5.11 Å². The fourth-order valence-corrected chi connectivity index (χ4v) is 2.08. The van der Waals surface area contributed by atoms with Gasteiger partial charge in [-0.1, -0.05) is 77.9 Å². The van der Waals surface area contributed by atoms with Crippen molar-refractivity contribution in [3.63, 3.8) is 0 Å². The van der Waals surface area contributed by atoms with E-state index in [9.17, 15) is 5.11 Å². The highest BCUT2D eigenvalue weighted by Gasteiger charge is 2.09. The molecule has 1 heteroatoms. The quantitative estimate of drug-likeness (QED) is 0.361. The molecule has 2 atom stereocenters. The molecule has 0 aromatic rings. The van der Waals surface area contributed by atoms with E-state index in [-0.39, 0.29) is 6.10 Å². The summed E-state index contributed by atoms with van der Waals surface area (Å²) in [6.45, 7) is 6.52. The Morgan fingerprint density at radius 1 is 0.889 bits per heavy atom. The Morgan fingerprint density at radius 3 is 2.11 bits per heavy atom. The number of unbranched alkanes of at least 4 members (excludes halogenated alkanes) is 7. The Bertz CT molecular complexity index is 186. The molecule has 0 aromatic carbocycles. The summed E-state index contributed by atoms with van der Waals surface area (Å²) < 4.78 is 0. The molecule has 0 aliphatic carbocycles. The van der Waals surface area contributed by atoms with Gasteiger partial charge >= 0.3 is 0 Å². The van der Waals surface area contributed by atoms with Crippen LogP contribution in [0.25, 0.3) is 0 Å². The van der Waals surface area contributed by atoms with Crippen LogP contribution in [-0.2, 0) is 0 Å². The lowest BCUT2D eigenvalue weighted by Crippen LogP contribution is -2.15. The number of rotatable bonds is 12. The molecule has 0 aliphatic heterocycles. The van der Waals surface area contributed by atoms with Gasteiger partial charge in [-0.25, -0.2) is 0 Å². The summed E-state index contributed by atoms with van der Waals surface area (Å²) in [5.41, 5.74) is 0. The molecule has 1 N–H and O–H groups in total. The van der Waals surface area contributed by atoms with E-state index >= 15 is 0 Å². The van der Waals surface area contributed by atoms with Gasteiger partial charge in [-0.2, -0.15) is 0 Å². The van der Waals surface area contributed by atoms with Gasteiger partial charge in [0.1, 0.15) is 0 Å². The number of aliphatic hydroxyl groups is 1. The molecule has 0 saturated heterocycles. The minimum Gasteiger partial charge on any atom is -0.393 e. The predicted molar refractivity (Wildman–Crippen MR) is 81.8 cm³/mol. The number of hydrogen-bond acceptors (Lipinski definition) is 1. The summed E-state index contributed by atoms with van der Waals surface area (Å²) in [5.74, 6) is 0.424. The fourth-order valence-electron chi connectivity index (χ4n) is 2.08. The Morgan fingerprint density at radius 2 is 1.50 bits per heavy atom.